The molecule has 3 unspecified atom stereocenters. The third-order valence-electron chi connectivity index (χ3n) is 6.76. The number of hydrogen-bond acceptors (Lipinski definition) is 5. The first-order chi connectivity index (χ1) is 18.7. The van der Waals surface area contributed by atoms with Gasteiger partial charge in [-0.1, -0.05) is 68.5 Å². The van der Waals surface area contributed by atoms with Crippen LogP contribution in [0.3, 0.4) is 0 Å². The predicted octanol–water partition coefficient (Wildman–Crippen LogP) is 2.11. The quantitative estimate of drug-likeness (QED) is 0.215. The lowest BCUT2D eigenvalue weighted by Gasteiger charge is -2.26. The Morgan fingerprint density at radius 3 is 2.41 bits per heavy atom. The van der Waals surface area contributed by atoms with Gasteiger partial charge in [0.15, 0.2) is 0 Å². The predicted molar refractivity (Wildman–Crippen MR) is 148 cm³/mol. The molecule has 6 N–H and O–H groups in total. The van der Waals surface area contributed by atoms with Crippen molar-refractivity contribution < 1.29 is 29.4 Å². The van der Waals surface area contributed by atoms with Crippen molar-refractivity contribution in [3.63, 3.8) is 0 Å². The highest BCUT2D eigenvalue weighted by Gasteiger charge is 2.31. The van der Waals surface area contributed by atoms with Gasteiger partial charge in [-0.3, -0.25) is 14.4 Å². The van der Waals surface area contributed by atoms with Crippen molar-refractivity contribution >= 4 is 34.6 Å². The van der Waals surface area contributed by atoms with E-state index in [1.807, 2.05) is 56.3 Å². The zero-order valence-corrected chi connectivity index (χ0v) is 22.4. The van der Waals surface area contributed by atoms with Crippen LogP contribution < -0.4 is 21.3 Å². The number of carboxylic acid groups (broad SMARTS) is 1. The summed E-state index contributed by atoms with van der Waals surface area (Å²) in [4.78, 5) is 50.4. The molecule has 0 radical (unpaired) electrons. The van der Waals surface area contributed by atoms with Crippen LogP contribution in [0.1, 0.15) is 38.7 Å². The largest absolute Gasteiger partial charge is 0.465 e. The van der Waals surface area contributed by atoms with Gasteiger partial charge in [-0.25, -0.2) is 4.79 Å². The summed E-state index contributed by atoms with van der Waals surface area (Å²) in [5, 5.41) is 31.3. The molecule has 0 aromatic heterocycles. The third kappa shape index (κ3) is 8.81. The maximum absolute atomic E-state index is 13.4. The lowest BCUT2D eigenvalue weighted by Crippen LogP contribution is -2.55. The fourth-order valence-electron chi connectivity index (χ4n) is 4.89. The summed E-state index contributed by atoms with van der Waals surface area (Å²) in [5.74, 6) is -1.33. The number of carbonyl (C=O) groups excluding carboxylic acids is 3. The minimum absolute atomic E-state index is 0.0528. The molecule has 10 heteroatoms. The molecule has 0 saturated carbocycles. The first-order valence-electron chi connectivity index (χ1n) is 13.3. The van der Waals surface area contributed by atoms with Gasteiger partial charge in [-0.15, -0.1) is 0 Å². The fraction of sp³-hybridized carbons (Fsp3) is 0.448. The van der Waals surface area contributed by atoms with E-state index in [2.05, 4.69) is 21.3 Å². The number of carbonyl (C=O) groups is 4. The van der Waals surface area contributed by atoms with Gasteiger partial charge in [0.05, 0.1) is 6.61 Å². The summed E-state index contributed by atoms with van der Waals surface area (Å²) in [6, 6.07) is 10.7. The average Bonchev–Trinajstić information content (AvgIpc) is 3.30. The van der Waals surface area contributed by atoms with E-state index in [0.29, 0.717) is 25.8 Å². The maximum atomic E-state index is 13.4. The Morgan fingerprint density at radius 1 is 1.03 bits per heavy atom. The lowest BCUT2D eigenvalue weighted by molar-refractivity contribution is -0.130. The topological polar surface area (TPSA) is 157 Å². The van der Waals surface area contributed by atoms with Crippen molar-refractivity contribution in [2.75, 3.05) is 13.2 Å². The van der Waals surface area contributed by atoms with Crippen molar-refractivity contribution in [1.82, 2.24) is 21.3 Å². The Kier molecular flexibility index (Phi) is 10.9. The summed E-state index contributed by atoms with van der Waals surface area (Å²) < 4.78 is 0. The van der Waals surface area contributed by atoms with E-state index in [-0.39, 0.29) is 30.8 Å². The van der Waals surface area contributed by atoms with E-state index in [0.717, 1.165) is 16.3 Å². The molecular formula is C29H38N4O6. The molecule has 4 atom stereocenters. The van der Waals surface area contributed by atoms with E-state index in [4.69, 9.17) is 0 Å². The molecule has 1 saturated heterocycles. The molecule has 0 aliphatic carbocycles. The molecule has 1 fully saturated rings. The Bertz CT molecular complexity index is 1190. The minimum Gasteiger partial charge on any atom is -0.465 e. The van der Waals surface area contributed by atoms with Crippen LogP contribution in [-0.2, 0) is 20.8 Å². The smallest absolute Gasteiger partial charge is 0.405 e. The van der Waals surface area contributed by atoms with Crippen LogP contribution in [0, 0.1) is 11.8 Å². The van der Waals surface area contributed by atoms with Gasteiger partial charge in [0.25, 0.3) is 0 Å². The summed E-state index contributed by atoms with van der Waals surface area (Å²) in [5.41, 5.74) is 0.802. The maximum Gasteiger partial charge on any atom is 0.405 e. The Balaban J connectivity index is 1.77. The average molecular weight is 539 g/mol. The van der Waals surface area contributed by atoms with Crippen molar-refractivity contribution in [2.45, 2.75) is 57.7 Å². The Hall–Kier alpha value is -3.92. The van der Waals surface area contributed by atoms with E-state index in [9.17, 15) is 29.4 Å². The van der Waals surface area contributed by atoms with Crippen LogP contribution >= 0.6 is 0 Å². The first-order valence-corrected chi connectivity index (χ1v) is 13.3. The van der Waals surface area contributed by atoms with Gasteiger partial charge in [0, 0.05) is 24.9 Å². The number of aliphatic hydroxyl groups is 1. The molecule has 2 aromatic carbocycles. The normalized spacial score (nSPS) is 17.5. The third-order valence-corrected chi connectivity index (χ3v) is 6.76. The van der Waals surface area contributed by atoms with E-state index in [1.165, 1.54) is 6.08 Å². The zero-order chi connectivity index (χ0) is 28.4. The SMILES string of the molecule is CC(C)CC(NC(=O)C(Cc1cccc2ccccc12)NC(=O)O)C(=O)NC(/C=C/CO)C[C@@H]1CCNC1=O. The Morgan fingerprint density at radius 2 is 1.74 bits per heavy atom. The van der Waals surface area contributed by atoms with Crippen molar-refractivity contribution in [3.05, 3.63) is 60.2 Å². The molecule has 2 aromatic rings. The molecule has 0 bridgehead atoms. The van der Waals surface area contributed by atoms with Gasteiger partial charge in [0.1, 0.15) is 12.1 Å². The number of aliphatic hydroxyl groups excluding tert-OH is 1. The van der Waals surface area contributed by atoms with Gasteiger partial charge in [0.2, 0.25) is 17.7 Å². The second kappa shape index (κ2) is 14.3. The van der Waals surface area contributed by atoms with E-state index < -0.39 is 36.0 Å². The summed E-state index contributed by atoms with van der Waals surface area (Å²) in [6.07, 6.45) is 3.25. The zero-order valence-electron chi connectivity index (χ0n) is 22.4. The van der Waals surface area contributed by atoms with Crippen molar-refractivity contribution in [3.8, 4) is 0 Å². The molecule has 1 heterocycles. The minimum atomic E-state index is -1.34. The van der Waals surface area contributed by atoms with E-state index >= 15 is 0 Å². The second-order valence-electron chi connectivity index (χ2n) is 10.3. The molecule has 1 aliphatic rings. The highest BCUT2D eigenvalue weighted by Crippen LogP contribution is 2.20. The summed E-state index contributed by atoms with van der Waals surface area (Å²) >= 11 is 0. The van der Waals surface area contributed by atoms with Gasteiger partial charge in [-0.05, 0) is 41.5 Å². The molecule has 4 amide bonds. The number of amides is 4. The number of benzene rings is 2. The van der Waals surface area contributed by atoms with Crippen LogP contribution in [0.25, 0.3) is 10.8 Å². The molecule has 3 rings (SSSR count). The molecule has 0 spiro atoms. The molecule has 1 aliphatic heterocycles. The van der Waals surface area contributed by atoms with Crippen molar-refractivity contribution in [2.24, 2.45) is 11.8 Å². The Labute approximate surface area is 228 Å². The van der Waals surface area contributed by atoms with Crippen LogP contribution in [0.15, 0.2) is 54.6 Å². The number of nitrogens with one attached hydrogen (secondary N) is 4. The lowest BCUT2D eigenvalue weighted by atomic mass is 9.96. The molecular weight excluding hydrogens is 500 g/mol. The number of fused-ring (bicyclic) bond motifs is 1. The van der Waals surface area contributed by atoms with Gasteiger partial charge < -0.3 is 31.5 Å². The summed E-state index contributed by atoms with van der Waals surface area (Å²) in [7, 11) is 0. The van der Waals surface area contributed by atoms with Crippen LogP contribution in [-0.4, -0.2) is 65.3 Å². The standard InChI is InChI=1S/C29H38N4O6/c1-18(2)15-24(27(36)31-22(10-6-14-34)16-21-12-13-30-26(21)35)32-28(37)25(33-29(38)39)17-20-9-5-8-19-7-3-4-11-23(19)20/h3-11,18,21-22,24-25,33-34H,12-17H2,1-2H3,(H,30,35)(H,31,36)(H,32,37)(H,38,39)/b10-6+/t21-,22?,24?,25?/m0/s1. The molecule has 210 valence electrons. The number of rotatable bonds is 13. The number of hydrogen-bond donors (Lipinski definition) is 6. The highest BCUT2D eigenvalue weighted by atomic mass is 16.4. The molecule has 39 heavy (non-hydrogen) atoms. The van der Waals surface area contributed by atoms with Gasteiger partial charge >= 0.3 is 6.09 Å². The van der Waals surface area contributed by atoms with Crippen molar-refractivity contribution in [1.29, 1.82) is 0 Å². The summed E-state index contributed by atoms with van der Waals surface area (Å²) in [6.45, 7) is 4.20. The van der Waals surface area contributed by atoms with Crippen LogP contribution in [0.5, 0.6) is 0 Å². The second-order valence-corrected chi connectivity index (χ2v) is 10.3. The van der Waals surface area contributed by atoms with E-state index in [1.54, 1.807) is 6.08 Å². The van der Waals surface area contributed by atoms with Gasteiger partial charge in [-0.2, -0.15) is 0 Å². The first kappa shape index (κ1) is 29.6. The van der Waals surface area contributed by atoms with Crippen LogP contribution in [0.4, 0.5) is 4.79 Å². The fourth-order valence-corrected chi connectivity index (χ4v) is 4.89. The molecule has 10 nitrogen and oxygen atoms in total. The van der Waals surface area contributed by atoms with Crippen LogP contribution in [0.2, 0.25) is 0 Å². The highest BCUT2D eigenvalue weighted by molar-refractivity contribution is 5.92. The monoisotopic (exact) mass is 538 g/mol.